The fourth-order valence-corrected chi connectivity index (χ4v) is 1.66. The van der Waals surface area contributed by atoms with Crippen molar-refractivity contribution in [1.29, 1.82) is 0 Å². The number of hydrogen-bond acceptors (Lipinski definition) is 2. The Balaban J connectivity index is 0.000000138. The molecule has 0 saturated heterocycles. The van der Waals surface area contributed by atoms with Crippen molar-refractivity contribution in [3.8, 4) is 0 Å². The number of nitrogens with one attached hydrogen (secondary N) is 1. The zero-order valence-electron chi connectivity index (χ0n) is 10.7. The molecule has 3 aromatic rings. The Hall–Kier alpha value is -2.16. The number of hydrogen-bond donors (Lipinski definition) is 1. The average molecular weight is 239 g/mol. The number of para-hydroxylation sites is 1. The maximum atomic E-state index is 4.18. The monoisotopic (exact) mass is 239 g/mol. The molecule has 0 aliphatic heterocycles. The molecule has 18 heavy (non-hydrogen) atoms. The second-order valence-electron chi connectivity index (χ2n) is 4.04. The molecule has 2 aromatic heterocycles. The minimum atomic E-state index is 0.994. The van der Waals surface area contributed by atoms with Crippen molar-refractivity contribution in [3.05, 3.63) is 60.3 Å². The number of imidazole rings is 1. The van der Waals surface area contributed by atoms with Gasteiger partial charge in [0.05, 0.1) is 11.2 Å². The first-order valence-corrected chi connectivity index (χ1v) is 6.10. The molecule has 0 unspecified atom stereocenters. The van der Waals surface area contributed by atoms with Crippen molar-refractivity contribution < 1.29 is 0 Å². The third-order valence-electron chi connectivity index (χ3n) is 2.61. The third-order valence-corrected chi connectivity index (χ3v) is 2.61. The molecular weight excluding hydrogens is 222 g/mol. The highest BCUT2D eigenvalue weighted by Crippen LogP contribution is 2.07. The standard InChI is InChI=1S/C9H7N.C6H10N2/c1-2-6-9-8(4-1)5-3-7-10-9;1-3-6-7-4-5(2)8-6/h1-7H;4H,3H2,1-2H3,(H,7,8). The highest BCUT2D eigenvalue weighted by Gasteiger charge is 1.89. The van der Waals surface area contributed by atoms with E-state index < -0.39 is 0 Å². The van der Waals surface area contributed by atoms with Crippen LogP contribution in [0, 0.1) is 6.92 Å². The Labute approximate surface area is 107 Å². The maximum absolute atomic E-state index is 4.18. The molecule has 1 N–H and O–H groups in total. The van der Waals surface area contributed by atoms with Gasteiger partial charge >= 0.3 is 0 Å². The number of benzene rings is 1. The number of aromatic amines is 1. The second kappa shape index (κ2) is 5.96. The van der Waals surface area contributed by atoms with Crippen LogP contribution >= 0.6 is 0 Å². The summed E-state index contributed by atoms with van der Waals surface area (Å²) in [5.74, 6) is 1.07. The summed E-state index contributed by atoms with van der Waals surface area (Å²) in [6.07, 6.45) is 4.72. The fourth-order valence-electron chi connectivity index (χ4n) is 1.66. The van der Waals surface area contributed by atoms with E-state index in [1.807, 2.05) is 43.6 Å². The molecule has 0 saturated carbocycles. The van der Waals surface area contributed by atoms with E-state index in [-0.39, 0.29) is 0 Å². The minimum Gasteiger partial charge on any atom is -0.348 e. The zero-order chi connectivity index (χ0) is 12.8. The van der Waals surface area contributed by atoms with Gasteiger partial charge in [0.1, 0.15) is 5.82 Å². The van der Waals surface area contributed by atoms with Crippen molar-refractivity contribution in [2.24, 2.45) is 0 Å². The lowest BCUT2D eigenvalue weighted by Gasteiger charge is -1.91. The van der Waals surface area contributed by atoms with E-state index in [1.165, 1.54) is 5.39 Å². The Morgan fingerprint density at radius 1 is 1.11 bits per heavy atom. The normalized spacial score (nSPS) is 9.89. The van der Waals surface area contributed by atoms with Crippen LogP contribution in [0.1, 0.15) is 18.4 Å². The molecular formula is C15H17N3. The van der Waals surface area contributed by atoms with Crippen molar-refractivity contribution in [2.45, 2.75) is 20.3 Å². The lowest BCUT2D eigenvalue weighted by Crippen LogP contribution is -1.80. The number of pyridine rings is 1. The van der Waals surface area contributed by atoms with E-state index in [4.69, 9.17) is 0 Å². The van der Waals surface area contributed by atoms with Crippen LogP contribution in [-0.2, 0) is 6.42 Å². The zero-order valence-corrected chi connectivity index (χ0v) is 10.7. The summed E-state index contributed by atoms with van der Waals surface area (Å²) in [7, 11) is 0. The van der Waals surface area contributed by atoms with Crippen LogP contribution < -0.4 is 0 Å². The van der Waals surface area contributed by atoms with Crippen molar-refractivity contribution in [2.75, 3.05) is 0 Å². The van der Waals surface area contributed by atoms with Gasteiger partial charge < -0.3 is 4.98 Å². The van der Waals surface area contributed by atoms with Gasteiger partial charge in [0.15, 0.2) is 0 Å². The van der Waals surface area contributed by atoms with Crippen LogP contribution in [-0.4, -0.2) is 15.0 Å². The van der Waals surface area contributed by atoms with Crippen LogP contribution in [0.5, 0.6) is 0 Å². The molecule has 1 aromatic carbocycles. The van der Waals surface area contributed by atoms with Crippen LogP contribution in [0.4, 0.5) is 0 Å². The van der Waals surface area contributed by atoms with Gasteiger partial charge in [0.25, 0.3) is 0 Å². The molecule has 92 valence electrons. The molecule has 2 heterocycles. The number of nitrogens with zero attached hydrogens (tertiary/aromatic N) is 2. The molecule has 0 aliphatic rings. The first kappa shape index (κ1) is 12.3. The molecule has 0 radical (unpaired) electrons. The summed E-state index contributed by atoms with van der Waals surface area (Å²) in [4.78, 5) is 11.4. The smallest absolute Gasteiger partial charge is 0.106 e. The number of aromatic nitrogens is 3. The van der Waals surface area contributed by atoms with Gasteiger partial charge in [-0.1, -0.05) is 31.2 Å². The predicted octanol–water partition coefficient (Wildman–Crippen LogP) is 3.52. The molecule has 0 atom stereocenters. The number of H-pyrrole nitrogens is 1. The largest absolute Gasteiger partial charge is 0.348 e. The number of aryl methyl sites for hydroxylation is 2. The highest BCUT2D eigenvalue weighted by molar-refractivity contribution is 5.77. The van der Waals surface area contributed by atoms with Crippen LogP contribution in [0.3, 0.4) is 0 Å². The maximum Gasteiger partial charge on any atom is 0.106 e. The summed E-state index contributed by atoms with van der Waals surface area (Å²) >= 11 is 0. The molecule has 3 heteroatoms. The van der Waals surface area contributed by atoms with Crippen LogP contribution in [0.2, 0.25) is 0 Å². The predicted molar refractivity (Wildman–Crippen MR) is 74.4 cm³/mol. The number of fused-ring (bicyclic) bond motifs is 1. The third kappa shape index (κ3) is 3.17. The topological polar surface area (TPSA) is 41.6 Å². The first-order valence-electron chi connectivity index (χ1n) is 6.10. The van der Waals surface area contributed by atoms with E-state index in [1.54, 1.807) is 0 Å². The van der Waals surface area contributed by atoms with Gasteiger partial charge in [0, 0.05) is 24.2 Å². The summed E-state index contributed by atoms with van der Waals surface area (Å²) in [6.45, 7) is 4.06. The van der Waals surface area contributed by atoms with E-state index in [2.05, 4.69) is 34.0 Å². The molecule has 0 amide bonds. The molecule has 0 fully saturated rings. The van der Waals surface area contributed by atoms with Gasteiger partial charge in [-0.15, -0.1) is 0 Å². The van der Waals surface area contributed by atoms with E-state index >= 15 is 0 Å². The van der Waals surface area contributed by atoms with E-state index in [9.17, 15) is 0 Å². The SMILES string of the molecule is CCc1nc(C)c[nH]1.c1ccc2ncccc2c1. The molecule has 3 nitrogen and oxygen atoms in total. The van der Waals surface area contributed by atoms with E-state index in [0.29, 0.717) is 0 Å². The van der Waals surface area contributed by atoms with Gasteiger partial charge in [-0.25, -0.2) is 4.98 Å². The molecule has 0 aliphatic carbocycles. The Kier molecular flexibility index (Phi) is 4.07. The summed E-state index contributed by atoms with van der Waals surface area (Å²) in [5, 5.41) is 1.20. The molecule has 0 bridgehead atoms. The second-order valence-corrected chi connectivity index (χ2v) is 4.04. The van der Waals surface area contributed by atoms with Gasteiger partial charge in [-0.2, -0.15) is 0 Å². The summed E-state index contributed by atoms with van der Waals surface area (Å²) < 4.78 is 0. The Morgan fingerprint density at radius 3 is 2.50 bits per heavy atom. The fraction of sp³-hybridized carbons (Fsp3) is 0.200. The van der Waals surface area contributed by atoms with Gasteiger partial charge in [0.2, 0.25) is 0 Å². The quantitative estimate of drug-likeness (QED) is 0.706. The van der Waals surface area contributed by atoms with E-state index in [0.717, 1.165) is 23.5 Å². The lowest BCUT2D eigenvalue weighted by atomic mass is 10.2. The lowest BCUT2D eigenvalue weighted by molar-refractivity contribution is 0.982. The molecule has 3 rings (SSSR count). The Morgan fingerprint density at radius 2 is 1.89 bits per heavy atom. The molecule has 0 spiro atoms. The van der Waals surface area contributed by atoms with Crippen molar-refractivity contribution in [1.82, 2.24) is 15.0 Å². The first-order chi connectivity index (χ1) is 8.79. The van der Waals surface area contributed by atoms with Gasteiger partial charge in [-0.3, -0.25) is 4.98 Å². The highest BCUT2D eigenvalue weighted by atomic mass is 14.9. The van der Waals surface area contributed by atoms with Crippen molar-refractivity contribution >= 4 is 10.9 Å². The van der Waals surface area contributed by atoms with Crippen LogP contribution in [0.15, 0.2) is 48.8 Å². The minimum absolute atomic E-state index is 0.994. The average Bonchev–Trinajstić information content (AvgIpc) is 2.86. The van der Waals surface area contributed by atoms with Crippen LogP contribution in [0.25, 0.3) is 10.9 Å². The Bertz CT molecular complexity index is 548. The van der Waals surface area contributed by atoms with Gasteiger partial charge in [-0.05, 0) is 19.1 Å². The summed E-state index contributed by atoms with van der Waals surface area (Å²) in [5.41, 5.74) is 2.13. The number of rotatable bonds is 1. The van der Waals surface area contributed by atoms with Crippen molar-refractivity contribution in [3.63, 3.8) is 0 Å². The summed E-state index contributed by atoms with van der Waals surface area (Å²) in [6, 6.07) is 12.1.